The molecule has 4 N–H and O–H groups in total. The number of carbonyl (C=O) groups is 1. The Balaban J connectivity index is 2.40. The van der Waals surface area contributed by atoms with Crippen LogP contribution < -0.4 is 11.1 Å². The van der Waals surface area contributed by atoms with Crippen molar-refractivity contribution in [3.8, 4) is 22.5 Å². The molecular weight excluding hydrogens is 476 g/mol. The summed E-state index contributed by atoms with van der Waals surface area (Å²) in [5.41, 5.74) is 4.15. The zero-order valence-electron chi connectivity index (χ0n) is 16.2. The standard InChI is InChI=1S/C20H14N2O9S2/c21-13-7-5-11-15(9-3-1-2-4-10(9)20(23)24)12-6-8-14(22)19(33(28,29)30)17(12)31-16(11)18(13)32(25,26)27/h1-8,21H,22H2,(H,23,24)(H,25,26,27)(H,28,29,30)/p-2. The van der Waals surface area contributed by atoms with E-state index in [-0.39, 0.29) is 27.6 Å². The smallest absolute Gasteiger partial charge is 0.336 e. The summed E-state index contributed by atoms with van der Waals surface area (Å²) in [5.74, 6) is -2.07. The summed E-state index contributed by atoms with van der Waals surface area (Å²) in [4.78, 5) is 9.75. The Labute approximate surface area is 186 Å². The predicted molar refractivity (Wildman–Crippen MR) is 111 cm³/mol. The molecule has 0 saturated carbocycles. The molecule has 11 nitrogen and oxygen atoms in total. The highest BCUT2D eigenvalue weighted by atomic mass is 32.2. The maximum atomic E-state index is 12.0. The molecule has 0 unspecified atom stereocenters. The number of carboxylic acids is 1. The molecule has 2 aliphatic rings. The van der Waals surface area contributed by atoms with Crippen molar-refractivity contribution in [2.75, 3.05) is 5.73 Å². The van der Waals surface area contributed by atoms with E-state index in [0.29, 0.717) is 0 Å². The van der Waals surface area contributed by atoms with E-state index in [1.807, 2.05) is 0 Å². The van der Waals surface area contributed by atoms with Crippen molar-refractivity contribution < 1.29 is 40.3 Å². The number of aromatic carboxylic acids is 1. The van der Waals surface area contributed by atoms with E-state index in [0.717, 1.165) is 12.1 Å². The number of carboxylic acid groups (broad SMARTS) is 1. The van der Waals surface area contributed by atoms with Crippen molar-refractivity contribution in [2.45, 2.75) is 9.79 Å². The number of benzene rings is 3. The zero-order chi connectivity index (χ0) is 24.3. The molecule has 0 atom stereocenters. The van der Waals surface area contributed by atoms with Crippen molar-refractivity contribution in [3.05, 3.63) is 59.5 Å². The van der Waals surface area contributed by atoms with E-state index in [4.69, 9.17) is 15.6 Å². The van der Waals surface area contributed by atoms with Gasteiger partial charge in [-0.05, 0) is 35.9 Å². The monoisotopic (exact) mass is 488 g/mol. The van der Waals surface area contributed by atoms with Gasteiger partial charge < -0.3 is 24.4 Å². The average molecular weight is 488 g/mol. The Morgan fingerprint density at radius 1 is 0.909 bits per heavy atom. The SMILES string of the molecule is N=c1ccc2c(-c3ccccc3C(=O)O)c3ccc(N)c(S(=O)(=O)[O-])c3oc-2c1S(=O)(=O)[O-]. The summed E-state index contributed by atoms with van der Waals surface area (Å²) in [6.07, 6.45) is 0. The number of nitrogens with one attached hydrogen (secondary N) is 1. The molecule has 1 heterocycles. The van der Waals surface area contributed by atoms with E-state index in [9.17, 15) is 35.8 Å². The second-order valence-corrected chi connectivity index (χ2v) is 9.55. The Morgan fingerprint density at radius 2 is 1.55 bits per heavy atom. The van der Waals surface area contributed by atoms with Gasteiger partial charge in [-0.15, -0.1) is 0 Å². The third kappa shape index (κ3) is 3.62. The second kappa shape index (κ2) is 7.38. The molecule has 1 aliphatic heterocycles. The van der Waals surface area contributed by atoms with Crippen molar-refractivity contribution >= 4 is 42.9 Å². The lowest BCUT2D eigenvalue weighted by atomic mass is 9.90. The number of nitrogens with two attached hydrogens (primary N) is 1. The predicted octanol–water partition coefficient (Wildman–Crippen LogP) is 1.77. The molecule has 0 saturated heterocycles. The van der Waals surface area contributed by atoms with Crippen LogP contribution in [0.1, 0.15) is 10.4 Å². The van der Waals surface area contributed by atoms with Crippen LogP contribution in [0.4, 0.5) is 5.69 Å². The minimum absolute atomic E-state index is 0.0156. The van der Waals surface area contributed by atoms with Crippen molar-refractivity contribution in [3.63, 3.8) is 0 Å². The minimum Gasteiger partial charge on any atom is -0.744 e. The van der Waals surface area contributed by atoms with Gasteiger partial charge in [-0.3, -0.25) is 5.41 Å². The molecule has 13 heteroatoms. The van der Waals surface area contributed by atoms with Crippen LogP contribution in [0.25, 0.3) is 33.4 Å². The summed E-state index contributed by atoms with van der Waals surface area (Å²) in [6, 6.07) is 10.2. The van der Waals surface area contributed by atoms with Crippen LogP contribution in [0.15, 0.2) is 62.7 Å². The van der Waals surface area contributed by atoms with Gasteiger partial charge in [0, 0.05) is 16.5 Å². The van der Waals surface area contributed by atoms with Gasteiger partial charge in [-0.1, -0.05) is 18.2 Å². The first-order valence-electron chi connectivity index (χ1n) is 8.93. The van der Waals surface area contributed by atoms with Gasteiger partial charge in [0.2, 0.25) is 0 Å². The molecule has 0 amide bonds. The van der Waals surface area contributed by atoms with E-state index in [1.54, 1.807) is 0 Å². The Hall–Kier alpha value is -3.78. The van der Waals surface area contributed by atoms with E-state index < -0.39 is 58.4 Å². The van der Waals surface area contributed by atoms with Crippen LogP contribution in [0.5, 0.6) is 0 Å². The van der Waals surface area contributed by atoms with Crippen LogP contribution in [-0.2, 0) is 20.2 Å². The Morgan fingerprint density at radius 3 is 2.15 bits per heavy atom. The first-order chi connectivity index (χ1) is 15.3. The first-order valence-corrected chi connectivity index (χ1v) is 11.7. The highest BCUT2D eigenvalue weighted by Gasteiger charge is 2.28. The maximum absolute atomic E-state index is 12.0. The molecule has 2 aromatic carbocycles. The van der Waals surface area contributed by atoms with Crippen molar-refractivity contribution in [1.82, 2.24) is 0 Å². The minimum atomic E-state index is -5.32. The van der Waals surface area contributed by atoms with Gasteiger partial charge in [0.05, 0.1) is 16.6 Å². The molecule has 2 aromatic rings. The molecule has 1 aliphatic carbocycles. The van der Waals surface area contributed by atoms with Gasteiger partial charge in [-0.25, -0.2) is 21.6 Å². The lowest BCUT2D eigenvalue weighted by molar-refractivity contribution is 0.0697. The Bertz CT molecular complexity index is 1720. The molecule has 0 radical (unpaired) electrons. The third-order valence-electron chi connectivity index (χ3n) is 4.92. The van der Waals surface area contributed by atoms with E-state index in [2.05, 4.69) is 0 Å². The number of fused-ring (bicyclic) bond motifs is 2. The summed E-state index contributed by atoms with van der Waals surface area (Å²) in [6.45, 7) is 0. The fraction of sp³-hybridized carbons (Fsp3) is 0. The molecule has 0 aromatic heterocycles. The third-order valence-corrected chi connectivity index (χ3v) is 6.75. The van der Waals surface area contributed by atoms with Crippen LogP contribution >= 0.6 is 0 Å². The van der Waals surface area contributed by atoms with Crippen molar-refractivity contribution in [1.29, 1.82) is 5.41 Å². The summed E-state index contributed by atoms with van der Waals surface area (Å²) < 4.78 is 77.2. The number of rotatable bonds is 4. The number of nitrogen functional groups attached to an aromatic ring is 1. The molecular formula is C20H12N2O9S2-2. The first kappa shape index (κ1) is 22.4. The molecule has 0 fully saturated rings. The van der Waals surface area contributed by atoms with E-state index in [1.165, 1.54) is 36.4 Å². The quantitative estimate of drug-likeness (QED) is 0.215. The summed E-state index contributed by atoms with van der Waals surface area (Å²) in [5, 5.41) is 16.7. The fourth-order valence-corrected chi connectivity index (χ4v) is 5.12. The highest BCUT2D eigenvalue weighted by molar-refractivity contribution is 7.86. The average Bonchev–Trinajstić information content (AvgIpc) is 2.69. The van der Waals surface area contributed by atoms with Gasteiger partial charge in [0.1, 0.15) is 30.0 Å². The van der Waals surface area contributed by atoms with Gasteiger partial charge in [-0.2, -0.15) is 0 Å². The fourth-order valence-electron chi connectivity index (χ4n) is 3.67. The van der Waals surface area contributed by atoms with Gasteiger partial charge >= 0.3 is 5.97 Å². The molecule has 4 rings (SSSR count). The zero-order valence-corrected chi connectivity index (χ0v) is 17.9. The van der Waals surface area contributed by atoms with Crippen LogP contribution in [0.3, 0.4) is 0 Å². The lowest BCUT2D eigenvalue weighted by Crippen LogP contribution is -2.17. The van der Waals surface area contributed by atoms with Gasteiger partial charge in [0.15, 0.2) is 11.3 Å². The van der Waals surface area contributed by atoms with Crippen molar-refractivity contribution in [2.24, 2.45) is 0 Å². The molecule has 0 bridgehead atoms. The maximum Gasteiger partial charge on any atom is 0.336 e. The highest BCUT2D eigenvalue weighted by Crippen LogP contribution is 2.45. The molecule has 170 valence electrons. The van der Waals surface area contributed by atoms with Crippen LogP contribution in [0.2, 0.25) is 0 Å². The number of hydrogen-bond donors (Lipinski definition) is 3. The molecule has 0 spiro atoms. The van der Waals surface area contributed by atoms with E-state index >= 15 is 0 Å². The summed E-state index contributed by atoms with van der Waals surface area (Å²) in [7, 11) is -10.6. The summed E-state index contributed by atoms with van der Waals surface area (Å²) >= 11 is 0. The molecule has 33 heavy (non-hydrogen) atoms. The normalized spacial score (nSPS) is 12.3. The Kier molecular flexibility index (Phi) is 5.01. The number of hydrogen-bond acceptors (Lipinski definition) is 10. The van der Waals surface area contributed by atoms with Crippen LogP contribution in [-0.4, -0.2) is 37.0 Å². The number of anilines is 1. The van der Waals surface area contributed by atoms with Gasteiger partial charge in [0.25, 0.3) is 0 Å². The topological polar surface area (TPSA) is 215 Å². The second-order valence-electron chi connectivity index (χ2n) is 6.92. The lowest BCUT2D eigenvalue weighted by Gasteiger charge is -2.22. The largest absolute Gasteiger partial charge is 0.744 e. The van der Waals surface area contributed by atoms with Crippen LogP contribution in [0, 0.1) is 5.41 Å².